The van der Waals surface area contributed by atoms with Crippen LogP contribution in [0.15, 0.2) is 24.1 Å². The van der Waals surface area contributed by atoms with E-state index in [-0.39, 0.29) is 4.83 Å². The second-order valence-electron chi connectivity index (χ2n) is 1.82. The van der Waals surface area contributed by atoms with Crippen LogP contribution in [0.3, 0.4) is 0 Å². The van der Waals surface area contributed by atoms with E-state index in [9.17, 15) is 0 Å². The Morgan fingerprint density at radius 2 is 2.50 bits per heavy atom. The van der Waals surface area contributed by atoms with E-state index in [1.165, 1.54) is 16.9 Å². The van der Waals surface area contributed by atoms with Gasteiger partial charge in [-0.3, -0.25) is 0 Å². The highest BCUT2D eigenvalue weighted by molar-refractivity contribution is 9.09. The maximum absolute atomic E-state index is 5.72. The van der Waals surface area contributed by atoms with Crippen molar-refractivity contribution in [1.82, 2.24) is 0 Å². The number of rotatable bonds is 2. The van der Waals surface area contributed by atoms with Crippen LogP contribution < -0.4 is 0 Å². The maximum Gasteiger partial charge on any atom is 0.0931 e. The van der Waals surface area contributed by atoms with Crippen molar-refractivity contribution < 1.29 is 0 Å². The van der Waals surface area contributed by atoms with Crippen molar-refractivity contribution in [3.63, 3.8) is 0 Å². The minimum absolute atomic E-state index is 0.233. The van der Waals surface area contributed by atoms with Crippen molar-refractivity contribution in [2.45, 2.75) is 4.83 Å². The summed E-state index contributed by atoms with van der Waals surface area (Å²) >= 11 is 10.7. The first-order valence-electron chi connectivity index (χ1n) is 2.74. The Balaban J connectivity index is 2.84. The van der Waals surface area contributed by atoms with E-state index in [1.54, 1.807) is 0 Å². The van der Waals surface area contributed by atoms with Crippen molar-refractivity contribution >= 4 is 38.9 Å². The highest BCUT2D eigenvalue weighted by Gasteiger charge is 2.03. The Labute approximate surface area is 77.6 Å². The lowest BCUT2D eigenvalue weighted by Gasteiger charge is -1.96. The van der Waals surface area contributed by atoms with Gasteiger partial charge < -0.3 is 0 Å². The van der Waals surface area contributed by atoms with E-state index in [1.807, 2.05) is 17.5 Å². The largest absolute Gasteiger partial charge is 0.132 e. The maximum atomic E-state index is 5.72. The van der Waals surface area contributed by atoms with Gasteiger partial charge in [-0.2, -0.15) is 0 Å². The average Bonchev–Trinajstić information content (AvgIpc) is 2.34. The van der Waals surface area contributed by atoms with E-state index in [0.29, 0.717) is 0 Å². The van der Waals surface area contributed by atoms with Gasteiger partial charge in [-0.25, -0.2) is 0 Å². The summed E-state index contributed by atoms with van der Waals surface area (Å²) in [7, 11) is 0. The van der Waals surface area contributed by atoms with E-state index in [0.717, 1.165) is 4.34 Å². The lowest BCUT2D eigenvalue weighted by Crippen LogP contribution is -1.77. The van der Waals surface area contributed by atoms with E-state index < -0.39 is 0 Å². The molecule has 10 heavy (non-hydrogen) atoms. The molecular weight excluding hydrogens is 232 g/mol. The molecule has 0 fully saturated rings. The zero-order chi connectivity index (χ0) is 7.56. The van der Waals surface area contributed by atoms with Gasteiger partial charge in [0, 0.05) is 0 Å². The molecule has 0 aromatic carbocycles. The minimum Gasteiger partial charge on any atom is -0.132 e. The average molecular weight is 238 g/mol. The van der Waals surface area contributed by atoms with Gasteiger partial charge in [-0.1, -0.05) is 33.6 Å². The molecule has 54 valence electrons. The van der Waals surface area contributed by atoms with Crippen LogP contribution in [0.1, 0.15) is 10.4 Å². The molecule has 1 atom stereocenters. The van der Waals surface area contributed by atoms with Crippen LogP contribution in [-0.2, 0) is 0 Å². The fourth-order valence-corrected chi connectivity index (χ4v) is 1.97. The molecule has 1 unspecified atom stereocenters. The monoisotopic (exact) mass is 236 g/mol. The van der Waals surface area contributed by atoms with Crippen molar-refractivity contribution in [2.75, 3.05) is 0 Å². The van der Waals surface area contributed by atoms with E-state index >= 15 is 0 Å². The zero-order valence-electron chi connectivity index (χ0n) is 5.18. The van der Waals surface area contributed by atoms with Gasteiger partial charge in [-0.05, 0) is 17.0 Å². The third kappa shape index (κ3) is 1.84. The standard InChI is InChI=1S/C7H6BrClS/c1-2-6(8)5-3-7(9)10-4-5/h2-4,6H,1H2. The first kappa shape index (κ1) is 8.31. The summed E-state index contributed by atoms with van der Waals surface area (Å²) < 4.78 is 0.821. The van der Waals surface area contributed by atoms with Crippen LogP contribution in [0, 0.1) is 0 Å². The molecule has 0 bridgehead atoms. The predicted molar refractivity (Wildman–Crippen MR) is 51.2 cm³/mol. The lowest BCUT2D eigenvalue weighted by molar-refractivity contribution is 1.29. The molecule has 0 aliphatic carbocycles. The van der Waals surface area contributed by atoms with Crippen molar-refractivity contribution in [3.8, 4) is 0 Å². The molecule has 3 heteroatoms. The number of halogens is 2. The Morgan fingerprint density at radius 1 is 1.80 bits per heavy atom. The van der Waals surface area contributed by atoms with E-state index in [2.05, 4.69) is 22.5 Å². The molecule has 0 aliphatic rings. The van der Waals surface area contributed by atoms with E-state index in [4.69, 9.17) is 11.6 Å². The van der Waals surface area contributed by atoms with Crippen molar-refractivity contribution in [3.05, 3.63) is 34.0 Å². The lowest BCUT2D eigenvalue weighted by atomic mass is 10.2. The molecule has 0 nitrogen and oxygen atoms in total. The van der Waals surface area contributed by atoms with Crippen LogP contribution >= 0.6 is 38.9 Å². The highest BCUT2D eigenvalue weighted by Crippen LogP contribution is 2.30. The quantitative estimate of drug-likeness (QED) is 0.538. The Morgan fingerprint density at radius 3 is 2.90 bits per heavy atom. The van der Waals surface area contributed by atoms with Crippen molar-refractivity contribution in [1.29, 1.82) is 0 Å². The molecule has 0 saturated carbocycles. The number of allylic oxidation sites excluding steroid dienone is 1. The molecule has 0 radical (unpaired) electrons. The molecule has 0 amide bonds. The van der Waals surface area contributed by atoms with Gasteiger partial charge in [0.2, 0.25) is 0 Å². The summed E-state index contributed by atoms with van der Waals surface area (Å²) in [6, 6.07) is 1.94. The number of hydrogen-bond donors (Lipinski definition) is 0. The summed E-state index contributed by atoms with van der Waals surface area (Å²) in [6.45, 7) is 3.66. The van der Waals surface area contributed by atoms with Crippen LogP contribution in [0.2, 0.25) is 4.34 Å². The van der Waals surface area contributed by atoms with Gasteiger partial charge in [0.25, 0.3) is 0 Å². The second-order valence-corrected chi connectivity index (χ2v) is 4.35. The van der Waals surface area contributed by atoms with Crippen LogP contribution in [-0.4, -0.2) is 0 Å². The topological polar surface area (TPSA) is 0 Å². The molecule has 0 spiro atoms. The third-order valence-electron chi connectivity index (χ3n) is 1.11. The summed E-state index contributed by atoms with van der Waals surface area (Å²) in [6.07, 6.45) is 1.83. The third-order valence-corrected chi connectivity index (χ3v) is 3.13. The predicted octanol–water partition coefficient (Wildman–Crippen LogP) is 4.02. The highest BCUT2D eigenvalue weighted by atomic mass is 79.9. The molecule has 1 aromatic rings. The smallest absolute Gasteiger partial charge is 0.0931 e. The first-order valence-corrected chi connectivity index (χ1v) is 4.92. The Hall–Kier alpha value is 0.210. The number of hydrogen-bond acceptors (Lipinski definition) is 1. The summed E-state index contributed by atoms with van der Waals surface area (Å²) in [5.74, 6) is 0. The van der Waals surface area contributed by atoms with Gasteiger partial charge in [0.05, 0.1) is 9.16 Å². The fourth-order valence-electron chi connectivity index (χ4n) is 0.604. The SMILES string of the molecule is C=CC(Br)c1csc(Cl)c1. The Bertz CT molecular complexity index is 231. The molecule has 1 aromatic heterocycles. The van der Waals surface area contributed by atoms with Gasteiger partial charge in [-0.15, -0.1) is 17.9 Å². The van der Waals surface area contributed by atoms with Crippen LogP contribution in [0.25, 0.3) is 0 Å². The van der Waals surface area contributed by atoms with Gasteiger partial charge in [0.15, 0.2) is 0 Å². The molecule has 0 aliphatic heterocycles. The Kier molecular flexibility index (Phi) is 2.96. The van der Waals surface area contributed by atoms with Gasteiger partial charge in [0.1, 0.15) is 0 Å². The second kappa shape index (κ2) is 3.56. The summed E-state index contributed by atoms with van der Waals surface area (Å²) in [5, 5.41) is 2.02. The molecule has 0 N–H and O–H groups in total. The zero-order valence-corrected chi connectivity index (χ0v) is 8.34. The molecule has 1 heterocycles. The van der Waals surface area contributed by atoms with Crippen LogP contribution in [0.4, 0.5) is 0 Å². The summed E-state index contributed by atoms with van der Waals surface area (Å²) in [4.78, 5) is 0.233. The molecule has 1 rings (SSSR count). The molecule has 0 saturated heterocycles. The van der Waals surface area contributed by atoms with Gasteiger partial charge >= 0.3 is 0 Å². The summed E-state index contributed by atoms with van der Waals surface area (Å²) in [5.41, 5.74) is 1.17. The number of alkyl halides is 1. The fraction of sp³-hybridized carbons (Fsp3) is 0.143. The number of thiophene rings is 1. The van der Waals surface area contributed by atoms with Crippen molar-refractivity contribution in [2.24, 2.45) is 0 Å². The normalized spacial score (nSPS) is 13.0. The first-order chi connectivity index (χ1) is 4.74. The minimum atomic E-state index is 0.233. The van der Waals surface area contributed by atoms with Crippen LogP contribution in [0.5, 0.6) is 0 Å². The molecular formula is C7H6BrClS.